The van der Waals surface area contributed by atoms with E-state index in [1.54, 1.807) is 29.6 Å². The number of hydrogen-bond donors (Lipinski definition) is 2. The van der Waals surface area contributed by atoms with Gasteiger partial charge in [0.1, 0.15) is 5.75 Å². The Hall–Kier alpha value is -2.41. The minimum absolute atomic E-state index is 0.0649. The number of anilines is 1. The third kappa shape index (κ3) is 4.28. The number of hydrogen-bond acceptors (Lipinski definition) is 5. The lowest BCUT2D eigenvalue weighted by Crippen LogP contribution is -2.14. The van der Waals surface area contributed by atoms with E-state index < -0.39 is 5.91 Å². The van der Waals surface area contributed by atoms with E-state index in [1.165, 1.54) is 11.3 Å². The van der Waals surface area contributed by atoms with Gasteiger partial charge in [-0.15, -0.1) is 11.3 Å². The number of carbonyl (C=O) groups excluding carboxylic acids is 2. The van der Waals surface area contributed by atoms with Crippen LogP contribution in [0.15, 0.2) is 29.6 Å². The van der Waals surface area contributed by atoms with Crippen LogP contribution in [0.1, 0.15) is 23.0 Å². The summed E-state index contributed by atoms with van der Waals surface area (Å²) in [5.41, 5.74) is 6.15. The molecule has 2 rings (SSSR count). The lowest BCUT2D eigenvalue weighted by Gasteiger charge is -2.04. The number of benzene rings is 1. The Bertz CT molecular complexity index is 637. The molecule has 1 aromatic carbocycles. The molecule has 3 N–H and O–H groups in total. The molecule has 1 heterocycles. The van der Waals surface area contributed by atoms with Crippen molar-refractivity contribution in [2.75, 3.05) is 11.9 Å². The Morgan fingerprint density at radius 2 is 2.05 bits per heavy atom. The zero-order valence-electron chi connectivity index (χ0n) is 11.5. The van der Waals surface area contributed by atoms with Crippen molar-refractivity contribution in [3.8, 4) is 5.75 Å². The quantitative estimate of drug-likeness (QED) is 0.851. The van der Waals surface area contributed by atoms with Crippen LogP contribution in [0, 0.1) is 0 Å². The fourth-order valence-corrected chi connectivity index (χ4v) is 2.37. The number of ether oxygens (including phenoxy) is 1. The number of primary amides is 1. The number of nitrogens with one attached hydrogen (secondary N) is 1. The summed E-state index contributed by atoms with van der Waals surface area (Å²) in [5.74, 6) is -0.00486. The molecule has 0 saturated heterocycles. The summed E-state index contributed by atoms with van der Waals surface area (Å²) in [4.78, 5) is 27.0. The topological polar surface area (TPSA) is 94.3 Å². The van der Waals surface area contributed by atoms with Crippen LogP contribution in [0.4, 0.5) is 5.13 Å². The summed E-state index contributed by atoms with van der Waals surface area (Å²) < 4.78 is 5.31. The molecule has 0 saturated carbocycles. The summed E-state index contributed by atoms with van der Waals surface area (Å²) in [6, 6.07) is 6.83. The van der Waals surface area contributed by atoms with Crippen LogP contribution >= 0.6 is 11.3 Å². The molecule has 0 radical (unpaired) electrons. The fourth-order valence-electron chi connectivity index (χ4n) is 1.66. The number of thiazole rings is 1. The lowest BCUT2D eigenvalue weighted by atomic mass is 10.2. The molecule has 2 aromatic rings. The van der Waals surface area contributed by atoms with Crippen molar-refractivity contribution in [3.05, 3.63) is 40.9 Å². The van der Waals surface area contributed by atoms with Crippen LogP contribution in [0.2, 0.25) is 0 Å². The van der Waals surface area contributed by atoms with Gasteiger partial charge in [-0.3, -0.25) is 14.9 Å². The molecule has 0 spiro atoms. The molecule has 0 atom stereocenters. The zero-order valence-corrected chi connectivity index (χ0v) is 12.3. The molecular formula is C14H15N3O3S. The molecule has 7 heteroatoms. The molecule has 0 aliphatic heterocycles. The Morgan fingerprint density at radius 3 is 2.67 bits per heavy atom. The van der Waals surface area contributed by atoms with E-state index in [-0.39, 0.29) is 12.3 Å². The van der Waals surface area contributed by atoms with Gasteiger partial charge < -0.3 is 10.5 Å². The van der Waals surface area contributed by atoms with Gasteiger partial charge in [-0.25, -0.2) is 4.98 Å². The number of amides is 2. The van der Waals surface area contributed by atoms with E-state index in [4.69, 9.17) is 10.5 Å². The number of aromatic nitrogens is 1. The Morgan fingerprint density at radius 1 is 1.33 bits per heavy atom. The Labute approximate surface area is 125 Å². The monoisotopic (exact) mass is 305 g/mol. The smallest absolute Gasteiger partial charge is 0.257 e. The first-order valence-corrected chi connectivity index (χ1v) is 7.23. The van der Waals surface area contributed by atoms with E-state index in [0.29, 0.717) is 28.7 Å². The molecule has 0 unspecified atom stereocenters. The Balaban J connectivity index is 2.00. The van der Waals surface area contributed by atoms with Crippen LogP contribution in [0.25, 0.3) is 0 Å². The second-order valence-corrected chi connectivity index (χ2v) is 5.06. The van der Waals surface area contributed by atoms with Gasteiger partial charge >= 0.3 is 0 Å². The highest BCUT2D eigenvalue weighted by atomic mass is 32.1. The van der Waals surface area contributed by atoms with Gasteiger partial charge in [0.15, 0.2) is 5.13 Å². The highest BCUT2D eigenvalue weighted by Crippen LogP contribution is 2.18. The van der Waals surface area contributed by atoms with Crippen LogP contribution in [0.3, 0.4) is 0 Å². The first-order valence-electron chi connectivity index (χ1n) is 6.35. The third-order valence-electron chi connectivity index (χ3n) is 2.56. The van der Waals surface area contributed by atoms with Gasteiger partial charge in [0, 0.05) is 10.9 Å². The number of nitrogens with zero attached hydrogens (tertiary/aromatic N) is 1. The molecule has 0 aliphatic carbocycles. The molecule has 21 heavy (non-hydrogen) atoms. The van der Waals surface area contributed by atoms with Gasteiger partial charge in [0.25, 0.3) is 5.91 Å². The molecule has 110 valence electrons. The fraction of sp³-hybridized carbons (Fsp3) is 0.214. The molecule has 1 aromatic heterocycles. The molecule has 0 aliphatic rings. The van der Waals surface area contributed by atoms with Crippen LogP contribution in [0.5, 0.6) is 5.75 Å². The normalized spacial score (nSPS) is 10.1. The minimum atomic E-state index is -0.454. The highest BCUT2D eigenvalue weighted by Gasteiger charge is 2.10. The van der Waals surface area contributed by atoms with Crippen LogP contribution < -0.4 is 15.8 Å². The van der Waals surface area contributed by atoms with E-state index in [2.05, 4.69) is 10.3 Å². The van der Waals surface area contributed by atoms with Gasteiger partial charge in [-0.1, -0.05) is 0 Å². The highest BCUT2D eigenvalue weighted by molar-refractivity contribution is 7.14. The molecule has 2 amide bonds. The van der Waals surface area contributed by atoms with Crippen molar-refractivity contribution in [1.82, 2.24) is 4.98 Å². The standard InChI is InChI=1S/C14H15N3O3S/c1-2-20-11-5-3-9(4-6-11)13(19)17-14-16-10(8-21-14)7-12(15)18/h3-6,8H,2,7H2,1H3,(H2,15,18)(H,16,17,19). The second kappa shape index (κ2) is 6.85. The number of nitrogens with two attached hydrogens (primary N) is 1. The average Bonchev–Trinajstić information content (AvgIpc) is 2.86. The van der Waals surface area contributed by atoms with Crippen LogP contribution in [-0.2, 0) is 11.2 Å². The largest absolute Gasteiger partial charge is 0.494 e. The van der Waals surface area contributed by atoms with E-state index in [0.717, 1.165) is 0 Å². The van der Waals surface area contributed by atoms with Gasteiger partial charge in [-0.2, -0.15) is 0 Å². The second-order valence-electron chi connectivity index (χ2n) is 4.20. The summed E-state index contributed by atoms with van der Waals surface area (Å²) in [7, 11) is 0. The van der Waals surface area contributed by atoms with Crippen molar-refractivity contribution in [3.63, 3.8) is 0 Å². The van der Waals surface area contributed by atoms with E-state index in [1.807, 2.05) is 6.92 Å². The number of rotatable bonds is 6. The maximum atomic E-state index is 12.0. The minimum Gasteiger partial charge on any atom is -0.494 e. The predicted molar refractivity (Wildman–Crippen MR) is 80.6 cm³/mol. The van der Waals surface area contributed by atoms with Crippen LogP contribution in [-0.4, -0.2) is 23.4 Å². The maximum absolute atomic E-state index is 12.0. The summed E-state index contributed by atoms with van der Waals surface area (Å²) in [6.07, 6.45) is 0.0649. The van der Waals surface area contributed by atoms with Gasteiger partial charge in [0.2, 0.25) is 5.91 Å². The predicted octanol–water partition coefficient (Wildman–Crippen LogP) is 1.82. The SMILES string of the molecule is CCOc1ccc(C(=O)Nc2nc(CC(N)=O)cs2)cc1. The average molecular weight is 305 g/mol. The molecular weight excluding hydrogens is 290 g/mol. The third-order valence-corrected chi connectivity index (χ3v) is 3.36. The maximum Gasteiger partial charge on any atom is 0.257 e. The zero-order chi connectivity index (χ0) is 15.2. The first-order chi connectivity index (χ1) is 10.1. The van der Waals surface area contributed by atoms with Crippen molar-refractivity contribution >= 4 is 28.3 Å². The van der Waals surface area contributed by atoms with Gasteiger partial charge in [-0.05, 0) is 31.2 Å². The van der Waals surface area contributed by atoms with Gasteiger partial charge in [0.05, 0.1) is 18.7 Å². The van der Waals surface area contributed by atoms with Crippen molar-refractivity contribution < 1.29 is 14.3 Å². The summed E-state index contributed by atoms with van der Waals surface area (Å²) >= 11 is 1.25. The molecule has 0 bridgehead atoms. The van der Waals surface area contributed by atoms with E-state index >= 15 is 0 Å². The Kier molecular flexibility index (Phi) is 4.89. The lowest BCUT2D eigenvalue weighted by molar-refractivity contribution is -0.117. The first kappa shape index (κ1) is 15.0. The van der Waals surface area contributed by atoms with Crippen molar-refractivity contribution in [1.29, 1.82) is 0 Å². The summed E-state index contributed by atoms with van der Waals surface area (Å²) in [5, 5.41) is 4.81. The molecule has 6 nitrogen and oxygen atoms in total. The molecule has 0 fully saturated rings. The number of carbonyl (C=O) groups is 2. The van der Waals surface area contributed by atoms with Crippen molar-refractivity contribution in [2.24, 2.45) is 5.73 Å². The van der Waals surface area contributed by atoms with Crippen molar-refractivity contribution in [2.45, 2.75) is 13.3 Å². The van der Waals surface area contributed by atoms with E-state index in [9.17, 15) is 9.59 Å². The summed E-state index contributed by atoms with van der Waals surface area (Å²) in [6.45, 7) is 2.47.